The third-order valence-electron chi connectivity index (χ3n) is 3.25. The van der Waals surface area contributed by atoms with Crippen molar-refractivity contribution in [3.05, 3.63) is 28.2 Å². The number of sulfone groups is 1. The Labute approximate surface area is 117 Å². The van der Waals surface area contributed by atoms with Crippen LogP contribution in [0.4, 0.5) is 0 Å². The zero-order valence-corrected chi connectivity index (χ0v) is 12.9. The lowest BCUT2D eigenvalue weighted by Gasteiger charge is -2.23. The Hall–Kier alpha value is -0.390. The minimum atomic E-state index is -3.14. The normalized spacial score (nSPS) is 20.9. The molecule has 1 heterocycles. The number of hydrogen-bond donors (Lipinski definition) is 1. The Morgan fingerprint density at radius 1 is 1.33 bits per heavy atom. The minimum absolute atomic E-state index is 0.391. The average molecular weight is 332 g/mol. The summed E-state index contributed by atoms with van der Waals surface area (Å²) < 4.78 is 24.0. The Morgan fingerprint density at radius 2 is 2.11 bits per heavy atom. The highest BCUT2D eigenvalue weighted by Gasteiger charge is 2.15. The van der Waals surface area contributed by atoms with Crippen LogP contribution < -0.4 is 5.32 Å². The topological polar surface area (TPSA) is 46.2 Å². The van der Waals surface area contributed by atoms with Crippen LogP contribution in [0.2, 0.25) is 0 Å². The van der Waals surface area contributed by atoms with Gasteiger partial charge in [-0.15, -0.1) is 0 Å². The van der Waals surface area contributed by atoms with Gasteiger partial charge in [-0.3, -0.25) is 0 Å². The number of halogens is 1. The van der Waals surface area contributed by atoms with Crippen LogP contribution in [-0.4, -0.2) is 27.3 Å². The minimum Gasteiger partial charge on any atom is -0.314 e. The van der Waals surface area contributed by atoms with Crippen LogP contribution in [0.3, 0.4) is 0 Å². The summed E-state index contributed by atoms with van der Waals surface area (Å²) in [5.74, 6) is 0. The molecular weight excluding hydrogens is 314 g/mol. The van der Waals surface area contributed by atoms with Gasteiger partial charge in [-0.1, -0.05) is 22.4 Å². The van der Waals surface area contributed by atoms with Crippen molar-refractivity contribution in [1.29, 1.82) is 0 Å². The van der Waals surface area contributed by atoms with Crippen LogP contribution in [0.1, 0.15) is 24.8 Å². The summed E-state index contributed by atoms with van der Waals surface area (Å²) >= 11 is 3.39. The molecule has 1 fully saturated rings. The molecule has 1 aromatic carbocycles. The zero-order chi connectivity index (χ0) is 13.2. The SMILES string of the molecule is CS(=O)(=O)c1cc(Br)cc(CC2CCCCN2)c1. The molecule has 0 spiro atoms. The molecule has 0 radical (unpaired) electrons. The zero-order valence-electron chi connectivity index (χ0n) is 10.4. The molecule has 5 heteroatoms. The van der Waals surface area contributed by atoms with Crippen molar-refractivity contribution in [3.63, 3.8) is 0 Å². The largest absolute Gasteiger partial charge is 0.314 e. The highest BCUT2D eigenvalue weighted by molar-refractivity contribution is 9.10. The van der Waals surface area contributed by atoms with Crippen molar-refractivity contribution in [2.45, 2.75) is 36.6 Å². The lowest BCUT2D eigenvalue weighted by molar-refractivity contribution is 0.399. The molecule has 2 rings (SSSR count). The van der Waals surface area contributed by atoms with Crippen LogP contribution in [0.15, 0.2) is 27.6 Å². The van der Waals surface area contributed by atoms with Gasteiger partial charge in [0, 0.05) is 16.8 Å². The molecule has 1 atom stereocenters. The Morgan fingerprint density at radius 3 is 2.72 bits per heavy atom. The fourth-order valence-electron chi connectivity index (χ4n) is 2.34. The predicted octanol–water partition coefficient (Wildman–Crippen LogP) is 2.54. The maximum absolute atomic E-state index is 11.6. The third-order valence-corrected chi connectivity index (χ3v) is 4.80. The molecule has 1 aromatic rings. The van der Waals surface area contributed by atoms with Crippen LogP contribution >= 0.6 is 15.9 Å². The Bertz CT molecular complexity index is 522. The van der Waals surface area contributed by atoms with Gasteiger partial charge in [0.1, 0.15) is 0 Å². The van der Waals surface area contributed by atoms with E-state index in [9.17, 15) is 8.42 Å². The van der Waals surface area contributed by atoms with Crippen LogP contribution in [0.5, 0.6) is 0 Å². The molecule has 3 nitrogen and oxygen atoms in total. The summed E-state index contributed by atoms with van der Waals surface area (Å²) in [6, 6.07) is 5.93. The molecule has 1 aliphatic heterocycles. The molecule has 100 valence electrons. The van der Waals surface area contributed by atoms with E-state index in [1.54, 1.807) is 12.1 Å². The second-order valence-corrected chi connectivity index (χ2v) is 7.85. The van der Waals surface area contributed by atoms with Crippen LogP contribution in [0, 0.1) is 0 Å². The van der Waals surface area contributed by atoms with Gasteiger partial charge in [0.2, 0.25) is 0 Å². The second-order valence-electron chi connectivity index (χ2n) is 4.92. The van der Waals surface area contributed by atoms with Gasteiger partial charge >= 0.3 is 0 Å². The standard InChI is InChI=1S/C13H18BrNO2S/c1-18(16,17)13-8-10(6-11(14)9-13)7-12-4-2-3-5-15-12/h6,8-9,12,15H,2-5,7H2,1H3. The molecule has 18 heavy (non-hydrogen) atoms. The van der Waals surface area contributed by atoms with E-state index in [0.29, 0.717) is 10.9 Å². The van der Waals surface area contributed by atoms with E-state index in [1.165, 1.54) is 25.5 Å². The average Bonchev–Trinajstić information content (AvgIpc) is 2.28. The monoisotopic (exact) mass is 331 g/mol. The summed E-state index contributed by atoms with van der Waals surface area (Å²) in [7, 11) is -3.14. The molecule has 0 aromatic heterocycles. The van der Waals surface area contributed by atoms with E-state index in [0.717, 1.165) is 23.0 Å². The highest BCUT2D eigenvalue weighted by atomic mass is 79.9. The summed E-state index contributed by atoms with van der Waals surface area (Å²) in [5, 5.41) is 3.48. The summed E-state index contributed by atoms with van der Waals surface area (Å²) in [6.45, 7) is 1.07. The maximum Gasteiger partial charge on any atom is 0.175 e. The first-order valence-corrected chi connectivity index (χ1v) is 8.86. The van der Waals surface area contributed by atoms with Gasteiger partial charge in [0.25, 0.3) is 0 Å². The van der Waals surface area contributed by atoms with Crippen LogP contribution in [-0.2, 0) is 16.3 Å². The molecule has 0 aliphatic carbocycles. The Balaban J connectivity index is 2.20. The van der Waals surface area contributed by atoms with Crippen LogP contribution in [0.25, 0.3) is 0 Å². The predicted molar refractivity (Wildman–Crippen MR) is 76.6 cm³/mol. The molecule has 1 N–H and O–H groups in total. The first-order valence-electron chi connectivity index (χ1n) is 6.18. The molecule has 1 aliphatic rings. The van der Waals surface area contributed by atoms with E-state index in [-0.39, 0.29) is 0 Å². The van der Waals surface area contributed by atoms with Crippen molar-refractivity contribution in [2.75, 3.05) is 12.8 Å². The van der Waals surface area contributed by atoms with Crippen molar-refractivity contribution in [1.82, 2.24) is 5.32 Å². The molecule has 0 amide bonds. The number of hydrogen-bond acceptors (Lipinski definition) is 3. The summed E-state index contributed by atoms with van der Waals surface area (Å²) in [5.41, 5.74) is 1.07. The van der Waals surface area contributed by atoms with Crippen molar-refractivity contribution in [2.24, 2.45) is 0 Å². The quantitative estimate of drug-likeness (QED) is 0.925. The second kappa shape index (κ2) is 5.72. The van der Waals surface area contributed by atoms with Gasteiger partial charge < -0.3 is 5.32 Å². The van der Waals surface area contributed by atoms with Crippen molar-refractivity contribution in [3.8, 4) is 0 Å². The molecular formula is C13H18BrNO2S. The smallest absolute Gasteiger partial charge is 0.175 e. The summed E-state index contributed by atoms with van der Waals surface area (Å²) in [4.78, 5) is 0.391. The fraction of sp³-hybridized carbons (Fsp3) is 0.538. The van der Waals surface area contributed by atoms with Gasteiger partial charge in [-0.2, -0.15) is 0 Å². The van der Waals surface area contributed by atoms with Crippen molar-refractivity contribution >= 4 is 25.8 Å². The Kier molecular flexibility index (Phi) is 4.45. The maximum atomic E-state index is 11.6. The van der Waals surface area contributed by atoms with Gasteiger partial charge in [0.15, 0.2) is 9.84 Å². The van der Waals surface area contributed by atoms with Gasteiger partial charge in [-0.25, -0.2) is 8.42 Å². The third kappa shape index (κ3) is 3.80. The van der Waals surface area contributed by atoms with E-state index < -0.39 is 9.84 Å². The van der Waals surface area contributed by atoms with Crippen molar-refractivity contribution < 1.29 is 8.42 Å². The van der Waals surface area contributed by atoms with Gasteiger partial charge in [-0.05, 0) is 49.6 Å². The number of benzene rings is 1. The fourth-order valence-corrected chi connectivity index (χ4v) is 3.73. The number of piperidine rings is 1. The first kappa shape index (κ1) is 14.0. The first-order chi connectivity index (χ1) is 8.45. The summed E-state index contributed by atoms with van der Waals surface area (Å²) in [6.07, 6.45) is 5.80. The van der Waals surface area contributed by atoms with E-state index in [2.05, 4.69) is 21.2 Å². The van der Waals surface area contributed by atoms with Gasteiger partial charge in [0.05, 0.1) is 4.90 Å². The molecule has 0 saturated carbocycles. The number of rotatable bonds is 3. The van der Waals surface area contributed by atoms with E-state index in [1.807, 2.05) is 6.07 Å². The molecule has 1 unspecified atom stereocenters. The molecule has 0 bridgehead atoms. The lowest BCUT2D eigenvalue weighted by Crippen LogP contribution is -2.35. The van der Waals surface area contributed by atoms with E-state index in [4.69, 9.17) is 0 Å². The highest BCUT2D eigenvalue weighted by Crippen LogP contribution is 2.22. The lowest BCUT2D eigenvalue weighted by atomic mass is 9.98. The van der Waals surface area contributed by atoms with E-state index >= 15 is 0 Å². The molecule has 1 saturated heterocycles. The number of nitrogens with one attached hydrogen (secondary N) is 1.